The molecule has 26 heavy (non-hydrogen) atoms. The minimum absolute atomic E-state index is 0.244. The van der Waals surface area contributed by atoms with Gasteiger partial charge < -0.3 is 0 Å². The maximum atomic E-state index is 2.52. The van der Waals surface area contributed by atoms with Gasteiger partial charge in [-0.25, -0.2) is 0 Å². The number of benzene rings is 2. The molecule has 0 nitrogen and oxygen atoms in total. The summed E-state index contributed by atoms with van der Waals surface area (Å²) in [5.74, 6) is 0. The van der Waals surface area contributed by atoms with Gasteiger partial charge in [0, 0.05) is 5.41 Å². The third-order valence-corrected chi connectivity index (χ3v) is 5.90. The maximum absolute atomic E-state index is 2.52. The van der Waals surface area contributed by atoms with Gasteiger partial charge in [-0.05, 0) is 54.0 Å². The summed E-state index contributed by atoms with van der Waals surface area (Å²) in [7, 11) is 0. The highest BCUT2D eigenvalue weighted by Crippen LogP contribution is 2.54. The first kappa shape index (κ1) is 20.7. The largest absolute Gasteiger partial charge is 0.0683 e. The summed E-state index contributed by atoms with van der Waals surface area (Å²) in [6.07, 6.45) is 8.88. The Morgan fingerprint density at radius 1 is 0.731 bits per heavy atom. The lowest BCUT2D eigenvalue weighted by Gasteiger charge is -2.33. The molecule has 0 aromatic heterocycles. The second-order valence-corrected chi connectivity index (χ2v) is 7.57. The number of fused-ring (bicyclic) bond motifs is 3. The van der Waals surface area contributed by atoms with E-state index in [0.29, 0.717) is 0 Å². The van der Waals surface area contributed by atoms with Crippen molar-refractivity contribution in [1.29, 1.82) is 0 Å². The molecule has 0 unspecified atom stereocenters. The predicted octanol–water partition coefficient (Wildman–Crippen LogP) is 8.23. The van der Waals surface area contributed by atoms with Gasteiger partial charge in [0.25, 0.3) is 0 Å². The lowest BCUT2D eigenvalue weighted by atomic mass is 9.70. The fraction of sp³-hybridized carbons (Fsp3) is 0.538. The van der Waals surface area contributed by atoms with Crippen molar-refractivity contribution in [1.82, 2.24) is 0 Å². The van der Waals surface area contributed by atoms with E-state index in [4.69, 9.17) is 0 Å². The van der Waals surface area contributed by atoms with Gasteiger partial charge in [-0.15, -0.1) is 0 Å². The zero-order valence-corrected chi connectivity index (χ0v) is 17.9. The van der Waals surface area contributed by atoms with Crippen molar-refractivity contribution in [3.8, 4) is 11.1 Å². The van der Waals surface area contributed by atoms with Crippen LogP contribution in [0.1, 0.15) is 95.4 Å². The highest BCUT2D eigenvalue weighted by atomic mass is 14.4. The zero-order valence-electron chi connectivity index (χ0n) is 17.9. The number of hydrogen-bond acceptors (Lipinski definition) is 0. The molecular formula is C26H38. The lowest BCUT2D eigenvalue weighted by molar-refractivity contribution is 0.414. The normalized spacial score (nSPS) is 13.6. The summed E-state index contributed by atoms with van der Waals surface area (Å²) in [6.45, 7) is 13.2. The molecule has 0 atom stereocenters. The van der Waals surface area contributed by atoms with Gasteiger partial charge in [-0.1, -0.05) is 102 Å². The van der Waals surface area contributed by atoms with E-state index >= 15 is 0 Å². The smallest absolute Gasteiger partial charge is 0.0215 e. The molecule has 1 aliphatic carbocycles. The van der Waals surface area contributed by atoms with Crippen LogP contribution in [0, 0.1) is 6.92 Å². The van der Waals surface area contributed by atoms with Crippen LogP contribution < -0.4 is 0 Å². The summed E-state index contributed by atoms with van der Waals surface area (Å²) < 4.78 is 0. The molecular weight excluding hydrogens is 312 g/mol. The van der Waals surface area contributed by atoms with E-state index in [0.717, 1.165) is 6.42 Å². The fourth-order valence-electron chi connectivity index (χ4n) is 4.50. The Morgan fingerprint density at radius 3 is 1.81 bits per heavy atom. The maximum Gasteiger partial charge on any atom is 0.0215 e. The lowest BCUT2D eigenvalue weighted by Crippen LogP contribution is -2.25. The van der Waals surface area contributed by atoms with Crippen LogP contribution in [0.2, 0.25) is 0 Å². The van der Waals surface area contributed by atoms with Crippen LogP contribution in [-0.4, -0.2) is 0 Å². The molecule has 0 N–H and O–H groups in total. The minimum Gasteiger partial charge on any atom is -0.0683 e. The summed E-state index contributed by atoms with van der Waals surface area (Å²) in [5.41, 5.74) is 9.33. The first-order valence-electron chi connectivity index (χ1n) is 10.9. The second kappa shape index (κ2) is 9.40. The van der Waals surface area contributed by atoms with E-state index in [9.17, 15) is 0 Å². The van der Waals surface area contributed by atoms with E-state index in [-0.39, 0.29) is 5.41 Å². The highest BCUT2D eigenvalue weighted by Gasteiger charge is 2.42. The number of rotatable bonds is 7. The molecule has 0 bridgehead atoms. The van der Waals surface area contributed by atoms with Gasteiger partial charge in [0.1, 0.15) is 0 Å². The molecule has 0 aliphatic heterocycles. The van der Waals surface area contributed by atoms with Crippen LogP contribution in [0.15, 0.2) is 36.4 Å². The van der Waals surface area contributed by atoms with Gasteiger partial charge in [-0.2, -0.15) is 0 Å². The SMILES string of the molecule is CC.CCCCC1(CCCC)c2cc(C)ccc2-c2ccc(CC)cc21. The van der Waals surface area contributed by atoms with Crippen LogP contribution in [0.4, 0.5) is 0 Å². The van der Waals surface area contributed by atoms with E-state index in [2.05, 4.69) is 64.1 Å². The summed E-state index contributed by atoms with van der Waals surface area (Å²) >= 11 is 0. The molecule has 0 heterocycles. The van der Waals surface area contributed by atoms with Crippen LogP contribution >= 0.6 is 0 Å². The number of hydrogen-bond donors (Lipinski definition) is 0. The summed E-state index contributed by atoms with van der Waals surface area (Å²) in [5, 5.41) is 0. The van der Waals surface area contributed by atoms with Gasteiger partial charge >= 0.3 is 0 Å². The summed E-state index contributed by atoms with van der Waals surface area (Å²) in [4.78, 5) is 0. The van der Waals surface area contributed by atoms with Crippen LogP contribution in [0.25, 0.3) is 11.1 Å². The molecule has 2 aromatic carbocycles. The Bertz CT molecular complexity index is 700. The standard InChI is InChI=1S/C24H32.C2H6/c1-5-8-14-24(15-9-6-2)22-16-18(4)10-12-20(22)21-13-11-19(7-3)17-23(21)24;1-2/h10-13,16-17H,5-9,14-15H2,1-4H3;1-2H3. The van der Waals surface area contributed by atoms with Crippen molar-refractivity contribution in [3.05, 3.63) is 58.7 Å². The Morgan fingerprint density at radius 2 is 1.27 bits per heavy atom. The van der Waals surface area contributed by atoms with Crippen LogP contribution in [-0.2, 0) is 11.8 Å². The Kier molecular flexibility index (Phi) is 7.50. The quantitative estimate of drug-likeness (QED) is 0.471. The monoisotopic (exact) mass is 350 g/mol. The number of aryl methyl sites for hydroxylation is 2. The molecule has 0 fully saturated rings. The first-order valence-corrected chi connectivity index (χ1v) is 10.9. The Hall–Kier alpha value is -1.56. The molecule has 142 valence electrons. The van der Waals surface area contributed by atoms with Gasteiger partial charge in [0.2, 0.25) is 0 Å². The summed E-state index contributed by atoms with van der Waals surface area (Å²) in [6, 6.07) is 14.4. The van der Waals surface area contributed by atoms with Gasteiger partial charge in [0.05, 0.1) is 0 Å². The van der Waals surface area contributed by atoms with Crippen molar-refractivity contribution < 1.29 is 0 Å². The topological polar surface area (TPSA) is 0 Å². The van der Waals surface area contributed by atoms with Gasteiger partial charge in [0.15, 0.2) is 0 Å². The molecule has 0 saturated heterocycles. The fourth-order valence-corrected chi connectivity index (χ4v) is 4.50. The molecule has 0 saturated carbocycles. The van der Waals surface area contributed by atoms with E-state index in [1.54, 1.807) is 11.1 Å². The zero-order chi connectivity index (χ0) is 19.2. The Balaban J connectivity index is 0.00000117. The molecule has 3 rings (SSSR count). The van der Waals surface area contributed by atoms with E-state index in [1.165, 1.54) is 60.8 Å². The van der Waals surface area contributed by atoms with Crippen molar-refractivity contribution >= 4 is 0 Å². The predicted molar refractivity (Wildman–Crippen MR) is 117 cm³/mol. The molecule has 0 amide bonds. The van der Waals surface area contributed by atoms with Crippen molar-refractivity contribution in [2.75, 3.05) is 0 Å². The minimum atomic E-state index is 0.244. The van der Waals surface area contributed by atoms with Crippen molar-refractivity contribution in [2.45, 2.75) is 91.9 Å². The third-order valence-electron chi connectivity index (χ3n) is 5.90. The molecule has 0 heteroatoms. The number of unbranched alkanes of at least 4 members (excludes halogenated alkanes) is 2. The molecule has 0 spiro atoms. The first-order chi connectivity index (χ1) is 12.7. The van der Waals surface area contributed by atoms with Crippen LogP contribution in [0.3, 0.4) is 0 Å². The van der Waals surface area contributed by atoms with Crippen molar-refractivity contribution in [3.63, 3.8) is 0 Å². The van der Waals surface area contributed by atoms with Crippen molar-refractivity contribution in [2.24, 2.45) is 0 Å². The van der Waals surface area contributed by atoms with Gasteiger partial charge in [-0.3, -0.25) is 0 Å². The molecule has 0 radical (unpaired) electrons. The van der Waals surface area contributed by atoms with Crippen LogP contribution in [0.5, 0.6) is 0 Å². The third kappa shape index (κ3) is 3.75. The Labute approximate surface area is 162 Å². The van der Waals surface area contributed by atoms with E-state index in [1.807, 2.05) is 13.8 Å². The molecule has 2 aromatic rings. The highest BCUT2D eigenvalue weighted by molar-refractivity contribution is 5.81. The van der Waals surface area contributed by atoms with E-state index < -0.39 is 0 Å². The average Bonchev–Trinajstić information content (AvgIpc) is 2.95. The average molecular weight is 351 g/mol. The molecule has 1 aliphatic rings. The second-order valence-electron chi connectivity index (χ2n) is 7.57.